The summed E-state index contributed by atoms with van der Waals surface area (Å²) in [6.45, 7) is 3.69. The van der Waals surface area contributed by atoms with Gasteiger partial charge in [0.1, 0.15) is 11.3 Å². The fraction of sp³-hybridized carbons (Fsp3) is 0.333. The smallest absolute Gasteiger partial charge is 0.243 e. The lowest BCUT2D eigenvalue weighted by molar-refractivity contribution is 0.469. The van der Waals surface area contributed by atoms with Crippen LogP contribution in [0.3, 0.4) is 0 Å². The molecule has 136 valence electrons. The average molecular weight is 391 g/mol. The van der Waals surface area contributed by atoms with Gasteiger partial charge in [-0.2, -0.15) is 4.31 Å². The molecule has 6 nitrogen and oxygen atoms in total. The van der Waals surface area contributed by atoms with Crippen LogP contribution in [0.4, 0.5) is 0 Å². The zero-order valence-electron chi connectivity index (χ0n) is 14.3. The molecule has 0 N–H and O–H groups in total. The minimum atomic E-state index is -3.56. The third-order valence-corrected chi connectivity index (χ3v) is 6.90. The third-order valence-electron chi connectivity index (χ3n) is 4.80. The number of benzene rings is 1. The Morgan fingerprint density at radius 2 is 2.12 bits per heavy atom. The van der Waals surface area contributed by atoms with Crippen molar-refractivity contribution in [3.63, 3.8) is 0 Å². The predicted molar refractivity (Wildman–Crippen MR) is 101 cm³/mol. The van der Waals surface area contributed by atoms with Crippen molar-refractivity contribution in [1.29, 1.82) is 0 Å². The maximum absolute atomic E-state index is 12.9. The second kappa shape index (κ2) is 6.64. The highest BCUT2D eigenvalue weighted by Gasteiger charge is 2.35. The number of halogens is 1. The molecular weight excluding hydrogens is 372 g/mol. The van der Waals surface area contributed by atoms with Gasteiger partial charge in [0.25, 0.3) is 0 Å². The molecule has 1 fully saturated rings. The topological polar surface area (TPSA) is 68.1 Å². The second-order valence-electron chi connectivity index (χ2n) is 6.37. The van der Waals surface area contributed by atoms with E-state index in [-0.39, 0.29) is 10.8 Å². The molecule has 3 heterocycles. The van der Waals surface area contributed by atoms with Crippen LogP contribution in [0.1, 0.15) is 25.1 Å². The molecule has 0 saturated carbocycles. The normalized spacial score (nSPS) is 18.6. The first-order valence-corrected chi connectivity index (χ1v) is 10.4. The monoisotopic (exact) mass is 390 g/mol. The van der Waals surface area contributed by atoms with E-state index in [2.05, 4.69) is 16.5 Å². The summed E-state index contributed by atoms with van der Waals surface area (Å²) in [7, 11) is -3.56. The van der Waals surface area contributed by atoms with Crippen molar-refractivity contribution in [2.45, 2.75) is 30.7 Å². The number of hydrogen-bond acceptors (Lipinski definition) is 4. The van der Waals surface area contributed by atoms with Gasteiger partial charge in [0.05, 0.1) is 4.90 Å². The Morgan fingerprint density at radius 3 is 2.88 bits per heavy atom. The number of aryl methyl sites for hydroxylation is 1. The number of aromatic nitrogens is 3. The Bertz CT molecular complexity index is 1060. The molecule has 0 aliphatic carbocycles. The Balaban J connectivity index is 1.65. The quantitative estimate of drug-likeness (QED) is 0.685. The van der Waals surface area contributed by atoms with Gasteiger partial charge < -0.3 is 4.57 Å². The van der Waals surface area contributed by atoms with E-state index in [1.165, 1.54) is 10.4 Å². The Hall–Kier alpha value is -1.96. The molecule has 0 radical (unpaired) electrons. The van der Waals surface area contributed by atoms with Crippen molar-refractivity contribution >= 4 is 32.8 Å². The first-order chi connectivity index (χ1) is 12.5. The summed E-state index contributed by atoms with van der Waals surface area (Å²) in [5.41, 5.74) is 1.70. The maximum atomic E-state index is 12.9. The van der Waals surface area contributed by atoms with E-state index < -0.39 is 10.0 Å². The molecule has 1 aliphatic rings. The molecule has 1 aromatic carbocycles. The van der Waals surface area contributed by atoms with Crippen molar-refractivity contribution in [2.24, 2.45) is 0 Å². The van der Waals surface area contributed by atoms with E-state index in [1.807, 2.05) is 12.1 Å². The van der Waals surface area contributed by atoms with Gasteiger partial charge in [-0.3, -0.25) is 0 Å². The molecule has 2 aromatic heterocycles. The summed E-state index contributed by atoms with van der Waals surface area (Å²) in [5, 5.41) is 0.417. The molecule has 1 aliphatic heterocycles. The van der Waals surface area contributed by atoms with Crippen molar-refractivity contribution in [1.82, 2.24) is 18.8 Å². The summed E-state index contributed by atoms with van der Waals surface area (Å²) in [4.78, 5) is 9.38. The van der Waals surface area contributed by atoms with Gasteiger partial charge in [0, 0.05) is 36.8 Å². The van der Waals surface area contributed by atoms with E-state index in [9.17, 15) is 8.42 Å². The molecule has 8 heteroatoms. The number of nitrogens with zero attached hydrogens (tertiary/aromatic N) is 4. The van der Waals surface area contributed by atoms with Gasteiger partial charge in [-0.15, -0.1) is 0 Å². The Labute approximate surface area is 157 Å². The highest BCUT2D eigenvalue weighted by molar-refractivity contribution is 7.89. The fourth-order valence-electron chi connectivity index (χ4n) is 3.53. The summed E-state index contributed by atoms with van der Waals surface area (Å²) in [6.07, 6.45) is 2.49. The Morgan fingerprint density at radius 1 is 1.27 bits per heavy atom. The Kier molecular flexibility index (Phi) is 4.46. The van der Waals surface area contributed by atoms with E-state index in [4.69, 9.17) is 16.6 Å². The average Bonchev–Trinajstić information content (AvgIpc) is 3.26. The molecule has 3 aromatic rings. The zero-order valence-corrected chi connectivity index (χ0v) is 15.9. The largest absolute Gasteiger partial charge is 0.313 e. The van der Waals surface area contributed by atoms with Crippen LogP contribution in [0.5, 0.6) is 0 Å². The lowest BCUT2D eigenvalue weighted by Crippen LogP contribution is -2.29. The summed E-state index contributed by atoms with van der Waals surface area (Å²) in [6, 6.07) is 10.2. The first-order valence-electron chi connectivity index (χ1n) is 8.57. The van der Waals surface area contributed by atoms with Gasteiger partial charge in [-0.05, 0) is 43.7 Å². The second-order valence-corrected chi connectivity index (χ2v) is 8.74. The van der Waals surface area contributed by atoms with Gasteiger partial charge in [0.2, 0.25) is 10.0 Å². The molecule has 0 bridgehead atoms. The van der Waals surface area contributed by atoms with Crippen LogP contribution in [-0.4, -0.2) is 40.3 Å². The van der Waals surface area contributed by atoms with Gasteiger partial charge in [-0.1, -0.05) is 17.7 Å². The number of sulfonamides is 1. The van der Waals surface area contributed by atoms with Crippen LogP contribution >= 0.6 is 11.6 Å². The lowest BCUT2D eigenvalue weighted by Gasteiger charge is -2.17. The number of imidazole rings is 1. The first kappa shape index (κ1) is 17.5. The minimum Gasteiger partial charge on any atom is -0.313 e. The van der Waals surface area contributed by atoms with Crippen molar-refractivity contribution in [2.75, 3.05) is 13.1 Å². The summed E-state index contributed by atoms with van der Waals surface area (Å²) < 4.78 is 29.4. The van der Waals surface area contributed by atoms with Gasteiger partial charge >= 0.3 is 0 Å². The number of hydrogen-bond donors (Lipinski definition) is 0. The van der Waals surface area contributed by atoms with Crippen LogP contribution in [-0.2, 0) is 16.6 Å². The summed E-state index contributed by atoms with van der Waals surface area (Å²) >= 11 is 5.96. The maximum Gasteiger partial charge on any atom is 0.243 e. The minimum absolute atomic E-state index is 0.0538. The number of fused-ring (bicyclic) bond motifs is 1. The lowest BCUT2D eigenvalue weighted by atomic mass is 10.1. The van der Waals surface area contributed by atoms with Crippen molar-refractivity contribution in [3.05, 3.63) is 53.4 Å². The van der Waals surface area contributed by atoms with E-state index in [1.54, 1.807) is 24.4 Å². The molecule has 0 unspecified atom stereocenters. The van der Waals surface area contributed by atoms with Crippen molar-refractivity contribution in [3.8, 4) is 0 Å². The van der Waals surface area contributed by atoms with Crippen LogP contribution < -0.4 is 0 Å². The van der Waals surface area contributed by atoms with Crippen molar-refractivity contribution < 1.29 is 8.42 Å². The molecule has 26 heavy (non-hydrogen) atoms. The molecule has 4 rings (SSSR count). The fourth-order valence-corrected chi connectivity index (χ4v) is 5.33. The highest BCUT2D eigenvalue weighted by atomic mass is 35.5. The standard InChI is InChI=1S/C18H19ClN4O2S/c1-2-23-17(21-16-7-4-9-20-18(16)23)13-8-10-22(12-13)26(24,25)15-6-3-5-14(19)11-15/h3-7,9,11,13H,2,8,10,12H2,1H3/t13-/m0/s1. The number of pyridine rings is 1. The van der Waals surface area contributed by atoms with Gasteiger partial charge in [-0.25, -0.2) is 18.4 Å². The molecule has 0 spiro atoms. The molecule has 1 atom stereocenters. The van der Waals surface area contributed by atoms with Crippen LogP contribution in [0.15, 0.2) is 47.5 Å². The molecular formula is C18H19ClN4O2S. The van der Waals surface area contributed by atoms with E-state index in [0.717, 1.165) is 30.0 Å². The summed E-state index contributed by atoms with van der Waals surface area (Å²) in [5.74, 6) is 0.961. The predicted octanol–water partition coefficient (Wildman–Crippen LogP) is 3.28. The van der Waals surface area contributed by atoms with Crippen LogP contribution in [0.25, 0.3) is 11.2 Å². The third kappa shape index (κ3) is 2.90. The van der Waals surface area contributed by atoms with Gasteiger partial charge in [0.15, 0.2) is 5.65 Å². The molecule has 0 amide bonds. The van der Waals surface area contributed by atoms with E-state index >= 15 is 0 Å². The van der Waals surface area contributed by atoms with E-state index in [0.29, 0.717) is 18.1 Å². The van der Waals surface area contributed by atoms with Crippen LogP contribution in [0.2, 0.25) is 5.02 Å². The molecule has 1 saturated heterocycles. The van der Waals surface area contributed by atoms with Crippen LogP contribution in [0, 0.1) is 0 Å². The zero-order chi connectivity index (χ0) is 18.3. The highest BCUT2D eigenvalue weighted by Crippen LogP contribution is 2.32. The number of rotatable bonds is 4. The SMILES string of the molecule is CCn1c([C@H]2CCN(S(=O)(=O)c3cccc(Cl)c3)C2)nc2cccnc21.